The molecule has 2 N–H and O–H groups in total. The number of nitrogens with zero attached hydrogens (tertiary/aromatic N) is 2. The minimum Gasteiger partial charge on any atom is -0.357 e. The van der Waals surface area contributed by atoms with Gasteiger partial charge in [0, 0.05) is 24.2 Å². The molecule has 6 heteroatoms. The summed E-state index contributed by atoms with van der Waals surface area (Å²) in [5.74, 6) is 1.67. The molecule has 20 heavy (non-hydrogen) atoms. The molecule has 1 heterocycles. The molecule has 0 amide bonds. The fourth-order valence-corrected chi connectivity index (χ4v) is 2.41. The summed E-state index contributed by atoms with van der Waals surface area (Å²) in [4.78, 5) is 10.0. The first-order valence-electron chi connectivity index (χ1n) is 7.05. The number of aryl methyl sites for hydroxylation is 1. The van der Waals surface area contributed by atoms with Crippen LogP contribution in [0.15, 0.2) is 11.2 Å². The monoisotopic (exact) mass is 410 g/mol. The zero-order chi connectivity index (χ0) is 14.1. The molecule has 0 unspecified atom stereocenters. The van der Waals surface area contributed by atoms with Gasteiger partial charge < -0.3 is 10.6 Å². The maximum absolute atomic E-state index is 4.58. The maximum Gasteiger partial charge on any atom is 0.191 e. The van der Waals surface area contributed by atoms with Crippen molar-refractivity contribution in [3.8, 4) is 0 Å². The van der Waals surface area contributed by atoms with E-state index in [9.17, 15) is 0 Å². The predicted octanol–water partition coefficient (Wildman–Crippen LogP) is 3.56. The summed E-state index contributed by atoms with van der Waals surface area (Å²) in [5.41, 5.74) is 0. The van der Waals surface area contributed by atoms with Gasteiger partial charge in [-0.2, -0.15) is 0 Å². The van der Waals surface area contributed by atoms with E-state index >= 15 is 0 Å². The van der Waals surface area contributed by atoms with E-state index in [1.807, 2.05) is 13.1 Å². The SMILES string of the molecule is CCNC(=NCc1cnc(C)s1)NCCCC(C)C.I. The third kappa shape index (κ3) is 8.73. The van der Waals surface area contributed by atoms with Crippen molar-refractivity contribution >= 4 is 41.3 Å². The Morgan fingerprint density at radius 1 is 1.40 bits per heavy atom. The topological polar surface area (TPSA) is 49.3 Å². The Bertz CT molecular complexity index is 390. The van der Waals surface area contributed by atoms with Crippen LogP contribution in [-0.4, -0.2) is 24.0 Å². The average Bonchev–Trinajstić information content (AvgIpc) is 2.77. The van der Waals surface area contributed by atoms with Gasteiger partial charge in [-0.1, -0.05) is 13.8 Å². The summed E-state index contributed by atoms with van der Waals surface area (Å²) in [6.07, 6.45) is 4.34. The zero-order valence-corrected chi connectivity index (χ0v) is 16.0. The van der Waals surface area contributed by atoms with Gasteiger partial charge >= 0.3 is 0 Å². The molecule has 1 aromatic rings. The summed E-state index contributed by atoms with van der Waals surface area (Å²) in [7, 11) is 0. The van der Waals surface area contributed by atoms with Crippen LogP contribution >= 0.6 is 35.3 Å². The molecule has 0 bridgehead atoms. The average molecular weight is 410 g/mol. The summed E-state index contributed by atoms with van der Waals surface area (Å²) >= 11 is 1.71. The van der Waals surface area contributed by atoms with Crippen molar-refractivity contribution in [3.63, 3.8) is 0 Å². The van der Waals surface area contributed by atoms with Crippen molar-refractivity contribution in [2.24, 2.45) is 10.9 Å². The first kappa shape index (κ1) is 19.6. The van der Waals surface area contributed by atoms with Gasteiger partial charge in [-0.05, 0) is 32.6 Å². The zero-order valence-electron chi connectivity index (χ0n) is 12.9. The number of aromatic nitrogens is 1. The van der Waals surface area contributed by atoms with Gasteiger partial charge in [0.2, 0.25) is 0 Å². The van der Waals surface area contributed by atoms with Crippen molar-refractivity contribution in [1.29, 1.82) is 0 Å². The van der Waals surface area contributed by atoms with Crippen molar-refractivity contribution < 1.29 is 0 Å². The molecule has 0 aromatic carbocycles. The molecule has 4 nitrogen and oxygen atoms in total. The minimum absolute atomic E-state index is 0. The number of nitrogens with one attached hydrogen (secondary N) is 2. The predicted molar refractivity (Wildman–Crippen MR) is 99.2 cm³/mol. The molecular weight excluding hydrogens is 383 g/mol. The van der Waals surface area contributed by atoms with Crippen LogP contribution in [0.25, 0.3) is 0 Å². The van der Waals surface area contributed by atoms with Crippen LogP contribution in [0, 0.1) is 12.8 Å². The second-order valence-electron chi connectivity index (χ2n) is 5.00. The molecule has 0 aliphatic carbocycles. The summed E-state index contributed by atoms with van der Waals surface area (Å²) in [6.45, 7) is 11.2. The summed E-state index contributed by atoms with van der Waals surface area (Å²) in [5, 5.41) is 7.74. The van der Waals surface area contributed by atoms with Crippen LogP contribution in [0.3, 0.4) is 0 Å². The van der Waals surface area contributed by atoms with Gasteiger partial charge in [0.15, 0.2) is 5.96 Å². The minimum atomic E-state index is 0. The second-order valence-corrected chi connectivity index (χ2v) is 6.32. The van der Waals surface area contributed by atoms with Crippen LogP contribution in [-0.2, 0) is 6.54 Å². The molecule has 0 saturated heterocycles. The van der Waals surface area contributed by atoms with Gasteiger partial charge in [-0.15, -0.1) is 35.3 Å². The van der Waals surface area contributed by atoms with E-state index in [0.29, 0.717) is 6.54 Å². The van der Waals surface area contributed by atoms with Crippen molar-refractivity contribution in [3.05, 3.63) is 16.1 Å². The molecule has 0 fully saturated rings. The Morgan fingerprint density at radius 3 is 2.70 bits per heavy atom. The molecule has 1 rings (SSSR count). The molecular formula is C14H27IN4S. The molecule has 0 spiro atoms. The molecule has 116 valence electrons. The largest absolute Gasteiger partial charge is 0.357 e. The molecule has 0 aliphatic rings. The van der Waals surface area contributed by atoms with E-state index in [1.54, 1.807) is 11.3 Å². The highest BCUT2D eigenvalue weighted by molar-refractivity contribution is 14.0. The Kier molecular flexibility index (Phi) is 11.1. The van der Waals surface area contributed by atoms with Gasteiger partial charge in [-0.25, -0.2) is 9.98 Å². The molecule has 0 atom stereocenters. The fourth-order valence-electron chi connectivity index (χ4n) is 1.69. The highest BCUT2D eigenvalue weighted by Gasteiger charge is 2.00. The normalized spacial score (nSPS) is 11.3. The van der Waals surface area contributed by atoms with Crippen LogP contribution in [0.1, 0.15) is 43.5 Å². The second kappa shape index (κ2) is 11.3. The smallest absolute Gasteiger partial charge is 0.191 e. The first-order chi connectivity index (χ1) is 9.11. The van der Waals surface area contributed by atoms with E-state index in [-0.39, 0.29) is 24.0 Å². The highest BCUT2D eigenvalue weighted by atomic mass is 127. The van der Waals surface area contributed by atoms with Crippen LogP contribution < -0.4 is 10.6 Å². The van der Waals surface area contributed by atoms with E-state index < -0.39 is 0 Å². The standard InChI is InChI=1S/C14H26N4S.HI/c1-5-15-14(16-8-6-7-11(2)3)18-10-13-9-17-12(4)19-13;/h9,11H,5-8,10H2,1-4H3,(H2,15,16,18);1H. The number of rotatable bonds is 7. The number of thiazole rings is 1. The number of halogens is 1. The number of aliphatic imine (C=N–C) groups is 1. The quantitative estimate of drug-likeness (QED) is 0.313. The van der Waals surface area contributed by atoms with Crippen LogP contribution in [0.4, 0.5) is 0 Å². The Labute approximate surface area is 143 Å². The van der Waals surface area contributed by atoms with Crippen molar-refractivity contribution in [2.75, 3.05) is 13.1 Å². The summed E-state index contributed by atoms with van der Waals surface area (Å²) in [6, 6.07) is 0. The number of hydrogen-bond donors (Lipinski definition) is 2. The Hall–Kier alpha value is -0.370. The van der Waals surface area contributed by atoms with Crippen LogP contribution in [0.5, 0.6) is 0 Å². The number of hydrogen-bond acceptors (Lipinski definition) is 3. The highest BCUT2D eigenvalue weighted by Crippen LogP contribution is 2.12. The Morgan fingerprint density at radius 2 is 2.15 bits per heavy atom. The third-order valence-electron chi connectivity index (χ3n) is 2.66. The van der Waals surface area contributed by atoms with E-state index in [1.165, 1.54) is 17.7 Å². The molecule has 1 aromatic heterocycles. The van der Waals surface area contributed by atoms with Gasteiger partial charge in [0.25, 0.3) is 0 Å². The van der Waals surface area contributed by atoms with Crippen molar-refractivity contribution in [2.45, 2.75) is 47.1 Å². The lowest BCUT2D eigenvalue weighted by molar-refractivity contribution is 0.549. The Balaban J connectivity index is 0.00000361. The van der Waals surface area contributed by atoms with Gasteiger partial charge in [0.1, 0.15) is 0 Å². The first-order valence-corrected chi connectivity index (χ1v) is 7.87. The van der Waals surface area contributed by atoms with Gasteiger partial charge in [0.05, 0.1) is 11.6 Å². The van der Waals surface area contributed by atoms with E-state index in [2.05, 4.69) is 41.4 Å². The van der Waals surface area contributed by atoms with E-state index in [4.69, 9.17) is 0 Å². The summed E-state index contributed by atoms with van der Waals surface area (Å²) < 4.78 is 0. The van der Waals surface area contributed by atoms with Crippen LogP contribution in [0.2, 0.25) is 0 Å². The molecule has 0 aliphatic heterocycles. The third-order valence-corrected chi connectivity index (χ3v) is 3.55. The number of guanidine groups is 1. The fraction of sp³-hybridized carbons (Fsp3) is 0.714. The lowest BCUT2D eigenvalue weighted by atomic mass is 10.1. The lowest BCUT2D eigenvalue weighted by Crippen LogP contribution is -2.37. The lowest BCUT2D eigenvalue weighted by Gasteiger charge is -2.11. The molecule has 0 saturated carbocycles. The van der Waals surface area contributed by atoms with Crippen molar-refractivity contribution in [1.82, 2.24) is 15.6 Å². The van der Waals surface area contributed by atoms with Gasteiger partial charge in [-0.3, -0.25) is 0 Å². The molecule has 0 radical (unpaired) electrons. The van der Waals surface area contributed by atoms with E-state index in [0.717, 1.165) is 30.0 Å². The maximum atomic E-state index is 4.58.